The fraction of sp³-hybridized carbons (Fsp3) is 0.250. The third-order valence-electron chi connectivity index (χ3n) is 3.86. The van der Waals surface area contributed by atoms with E-state index in [0.29, 0.717) is 5.39 Å². The number of anilines is 1. The van der Waals surface area contributed by atoms with Crippen LogP contribution in [-0.4, -0.2) is 26.6 Å². The van der Waals surface area contributed by atoms with Crippen molar-refractivity contribution >= 4 is 22.1 Å². The minimum Gasteiger partial charge on any atom is -0.385 e. The first-order chi connectivity index (χ1) is 11.2. The van der Waals surface area contributed by atoms with Crippen LogP contribution >= 0.6 is 0 Å². The highest BCUT2D eigenvalue weighted by atomic mass is 16.6. The Morgan fingerprint density at radius 1 is 1.26 bits per heavy atom. The molecule has 0 saturated carbocycles. The number of aromatic amines is 1. The highest BCUT2D eigenvalue weighted by Crippen LogP contribution is 2.30. The highest BCUT2D eigenvalue weighted by molar-refractivity contribution is 5.99. The van der Waals surface area contributed by atoms with Crippen molar-refractivity contribution in [2.24, 2.45) is 0 Å². The number of fused-ring (bicyclic) bond motifs is 1. The molecule has 7 nitrogen and oxygen atoms in total. The number of non-ortho nitro benzene ring substituents is 1. The van der Waals surface area contributed by atoms with Crippen molar-refractivity contribution in [1.82, 2.24) is 15.2 Å². The number of aromatic nitrogens is 3. The number of hydrogen-bond acceptors (Lipinski definition) is 5. The van der Waals surface area contributed by atoms with Gasteiger partial charge in [0.2, 0.25) is 0 Å². The number of nitro groups is 1. The number of benzene rings is 1. The summed E-state index contributed by atoms with van der Waals surface area (Å²) in [4.78, 5) is 14.7. The first kappa shape index (κ1) is 15.0. The summed E-state index contributed by atoms with van der Waals surface area (Å²) in [6.45, 7) is 2.78. The molecule has 0 amide bonds. The molecule has 0 saturated heterocycles. The van der Waals surface area contributed by atoms with Crippen LogP contribution in [0, 0.1) is 17.0 Å². The van der Waals surface area contributed by atoms with Crippen molar-refractivity contribution in [3.63, 3.8) is 0 Å². The molecule has 0 fully saturated rings. The van der Waals surface area contributed by atoms with E-state index in [2.05, 4.69) is 20.5 Å². The molecule has 0 spiro atoms. The molecular weight excluding hydrogens is 294 g/mol. The predicted molar refractivity (Wildman–Crippen MR) is 88.5 cm³/mol. The topological polar surface area (TPSA) is 96.7 Å². The number of nitrogens with one attached hydrogen (secondary N) is 2. The van der Waals surface area contributed by atoms with E-state index in [9.17, 15) is 10.1 Å². The molecule has 0 atom stereocenters. The lowest BCUT2D eigenvalue weighted by Crippen LogP contribution is -2.04. The normalized spacial score (nSPS) is 10.8. The summed E-state index contributed by atoms with van der Waals surface area (Å²) in [5.74, 6) is 0. The van der Waals surface area contributed by atoms with Crippen LogP contribution in [0.2, 0.25) is 0 Å². The minimum atomic E-state index is -0.379. The molecule has 3 aromatic rings. The van der Waals surface area contributed by atoms with E-state index < -0.39 is 0 Å². The second-order valence-electron chi connectivity index (χ2n) is 5.36. The molecule has 7 heteroatoms. The summed E-state index contributed by atoms with van der Waals surface area (Å²) in [5, 5.41) is 22.8. The van der Waals surface area contributed by atoms with Gasteiger partial charge in [-0.1, -0.05) is 0 Å². The Morgan fingerprint density at radius 2 is 2.13 bits per heavy atom. The molecule has 2 N–H and O–H groups in total. The van der Waals surface area contributed by atoms with E-state index in [4.69, 9.17) is 0 Å². The number of hydrogen-bond donors (Lipinski definition) is 2. The van der Waals surface area contributed by atoms with E-state index in [-0.39, 0.29) is 10.6 Å². The molecular formula is C16H17N5O2. The van der Waals surface area contributed by atoms with Crippen molar-refractivity contribution in [2.75, 3.05) is 11.9 Å². The Bertz CT molecular complexity index is 843. The van der Waals surface area contributed by atoms with E-state index >= 15 is 0 Å². The maximum Gasteiger partial charge on any atom is 0.278 e. The van der Waals surface area contributed by atoms with Gasteiger partial charge in [-0.2, -0.15) is 5.10 Å². The molecule has 2 aromatic heterocycles. The third kappa shape index (κ3) is 3.13. The zero-order valence-corrected chi connectivity index (χ0v) is 12.7. The van der Waals surface area contributed by atoms with Gasteiger partial charge >= 0.3 is 0 Å². The predicted octanol–water partition coefficient (Wildman–Crippen LogP) is 3.22. The molecule has 0 bridgehead atoms. The number of aryl methyl sites for hydroxylation is 2. The Balaban J connectivity index is 1.72. The van der Waals surface area contributed by atoms with Crippen molar-refractivity contribution in [3.05, 3.63) is 58.2 Å². The van der Waals surface area contributed by atoms with E-state index in [1.807, 2.05) is 13.1 Å². The van der Waals surface area contributed by atoms with E-state index in [0.717, 1.165) is 36.2 Å². The van der Waals surface area contributed by atoms with Crippen LogP contribution in [0.25, 0.3) is 10.8 Å². The Labute approximate surface area is 132 Å². The minimum absolute atomic E-state index is 0.0765. The number of H-pyrrole nitrogens is 1. The van der Waals surface area contributed by atoms with Crippen molar-refractivity contribution in [1.29, 1.82) is 0 Å². The van der Waals surface area contributed by atoms with Gasteiger partial charge in [-0.05, 0) is 37.5 Å². The lowest BCUT2D eigenvalue weighted by atomic mass is 10.1. The average molecular weight is 311 g/mol. The number of rotatable bonds is 6. The monoisotopic (exact) mass is 311 g/mol. The fourth-order valence-corrected chi connectivity index (χ4v) is 2.62. The standard InChI is InChI=1S/C16H17N5O2/c1-11-12(9-19-20-11)3-2-7-18-15-4-5-16(21(22)23)14-10-17-8-6-13(14)15/h4-6,8-10,18H,2-3,7H2,1H3,(H,19,20). The van der Waals surface area contributed by atoms with Crippen LogP contribution in [0.5, 0.6) is 0 Å². The van der Waals surface area contributed by atoms with Gasteiger partial charge in [0.05, 0.1) is 16.5 Å². The van der Waals surface area contributed by atoms with Gasteiger partial charge < -0.3 is 5.32 Å². The van der Waals surface area contributed by atoms with Crippen molar-refractivity contribution in [2.45, 2.75) is 19.8 Å². The van der Waals surface area contributed by atoms with Crippen LogP contribution < -0.4 is 5.32 Å². The summed E-state index contributed by atoms with van der Waals surface area (Å²) in [6, 6.07) is 5.07. The first-order valence-corrected chi connectivity index (χ1v) is 7.40. The summed E-state index contributed by atoms with van der Waals surface area (Å²) in [7, 11) is 0. The Kier molecular flexibility index (Phi) is 4.18. The number of nitrogens with zero attached hydrogens (tertiary/aromatic N) is 3. The maximum atomic E-state index is 11.1. The molecule has 0 aliphatic carbocycles. The lowest BCUT2D eigenvalue weighted by Gasteiger charge is -2.09. The maximum absolute atomic E-state index is 11.1. The van der Waals surface area contributed by atoms with Gasteiger partial charge in [-0.15, -0.1) is 0 Å². The second-order valence-corrected chi connectivity index (χ2v) is 5.36. The Hall–Kier alpha value is -2.96. The first-order valence-electron chi connectivity index (χ1n) is 7.40. The van der Waals surface area contributed by atoms with Crippen LogP contribution in [0.3, 0.4) is 0 Å². The van der Waals surface area contributed by atoms with Gasteiger partial charge in [0.25, 0.3) is 5.69 Å². The fourth-order valence-electron chi connectivity index (χ4n) is 2.62. The quantitative estimate of drug-likeness (QED) is 0.414. The zero-order valence-electron chi connectivity index (χ0n) is 12.7. The summed E-state index contributed by atoms with van der Waals surface area (Å²) in [5.41, 5.74) is 3.27. The van der Waals surface area contributed by atoms with Crippen LogP contribution in [0.1, 0.15) is 17.7 Å². The van der Waals surface area contributed by atoms with Gasteiger partial charge in [-0.25, -0.2) is 0 Å². The second kappa shape index (κ2) is 6.43. The van der Waals surface area contributed by atoms with Gasteiger partial charge in [0.1, 0.15) is 0 Å². The van der Waals surface area contributed by atoms with Crippen LogP contribution in [-0.2, 0) is 6.42 Å². The van der Waals surface area contributed by atoms with Crippen LogP contribution in [0.15, 0.2) is 36.8 Å². The molecule has 23 heavy (non-hydrogen) atoms. The van der Waals surface area contributed by atoms with Gasteiger partial charge in [-0.3, -0.25) is 20.2 Å². The van der Waals surface area contributed by atoms with Gasteiger partial charge in [0, 0.05) is 41.8 Å². The molecule has 2 heterocycles. The Morgan fingerprint density at radius 3 is 2.87 bits per heavy atom. The van der Waals surface area contributed by atoms with Crippen molar-refractivity contribution < 1.29 is 4.92 Å². The molecule has 118 valence electrons. The largest absolute Gasteiger partial charge is 0.385 e. The van der Waals surface area contributed by atoms with E-state index in [1.165, 1.54) is 17.8 Å². The highest BCUT2D eigenvalue weighted by Gasteiger charge is 2.14. The molecule has 0 aliphatic heterocycles. The number of nitro benzene ring substituents is 1. The molecule has 0 radical (unpaired) electrons. The van der Waals surface area contributed by atoms with E-state index in [1.54, 1.807) is 18.3 Å². The zero-order chi connectivity index (χ0) is 16.2. The summed E-state index contributed by atoms with van der Waals surface area (Å²) < 4.78 is 0. The third-order valence-corrected chi connectivity index (χ3v) is 3.86. The summed E-state index contributed by atoms with van der Waals surface area (Å²) in [6.07, 6.45) is 6.91. The number of pyridine rings is 1. The van der Waals surface area contributed by atoms with Crippen LogP contribution in [0.4, 0.5) is 11.4 Å². The van der Waals surface area contributed by atoms with Crippen molar-refractivity contribution in [3.8, 4) is 0 Å². The molecule has 0 aliphatic rings. The molecule has 0 unspecified atom stereocenters. The SMILES string of the molecule is Cc1[nH]ncc1CCCNc1ccc([N+](=O)[O-])c2cnccc12. The molecule has 3 rings (SSSR count). The average Bonchev–Trinajstić information content (AvgIpc) is 2.96. The lowest BCUT2D eigenvalue weighted by molar-refractivity contribution is -0.383. The smallest absolute Gasteiger partial charge is 0.278 e. The molecule has 1 aromatic carbocycles. The van der Waals surface area contributed by atoms with Gasteiger partial charge in [0.15, 0.2) is 0 Å². The summed E-state index contributed by atoms with van der Waals surface area (Å²) >= 11 is 0.